The van der Waals surface area contributed by atoms with Gasteiger partial charge in [0, 0.05) is 5.92 Å². The van der Waals surface area contributed by atoms with E-state index in [0.717, 1.165) is 5.56 Å². The third-order valence-electron chi connectivity index (χ3n) is 6.30. The molecule has 4 rings (SSSR count). The number of hydrogen-bond acceptors (Lipinski definition) is 1. The molecule has 0 aromatic heterocycles. The second kappa shape index (κ2) is 9.74. The zero-order valence-electron chi connectivity index (χ0n) is 17.6. The van der Waals surface area contributed by atoms with Crippen LogP contribution in [-0.2, 0) is 0 Å². The van der Waals surface area contributed by atoms with E-state index in [4.69, 9.17) is 0 Å². The molecule has 0 fully saturated rings. The lowest BCUT2D eigenvalue weighted by molar-refractivity contribution is 0.265. The van der Waals surface area contributed by atoms with Crippen LogP contribution in [0.3, 0.4) is 0 Å². The van der Waals surface area contributed by atoms with Crippen molar-refractivity contribution < 1.29 is 5.11 Å². The van der Waals surface area contributed by atoms with Crippen LogP contribution in [0, 0.1) is 0 Å². The summed E-state index contributed by atoms with van der Waals surface area (Å²) in [6.07, 6.45) is 2.09. The number of rotatable bonds is 8. The van der Waals surface area contributed by atoms with E-state index in [1.54, 1.807) is 0 Å². The summed E-state index contributed by atoms with van der Waals surface area (Å²) in [6, 6.07) is 42.8. The molecule has 154 valence electrons. The van der Waals surface area contributed by atoms with E-state index in [2.05, 4.69) is 128 Å². The van der Waals surface area contributed by atoms with Gasteiger partial charge in [-0.1, -0.05) is 127 Å². The van der Waals surface area contributed by atoms with Crippen LogP contribution in [0.2, 0.25) is 5.54 Å². The highest BCUT2D eigenvalue weighted by Gasteiger charge is 2.48. The smallest absolute Gasteiger partial charge is 0.155 e. The fourth-order valence-corrected chi connectivity index (χ4v) is 10.5. The second-order valence-electron chi connectivity index (χ2n) is 7.87. The summed E-state index contributed by atoms with van der Waals surface area (Å²) in [4.78, 5) is 0. The van der Waals surface area contributed by atoms with Crippen LogP contribution in [-0.4, -0.2) is 19.8 Å². The number of allylic oxidation sites excluding steroid dienone is 1. The maximum absolute atomic E-state index is 10.7. The molecule has 2 atom stereocenters. The number of aliphatic hydroxyl groups excluding tert-OH is 1. The van der Waals surface area contributed by atoms with Crippen LogP contribution in [0.25, 0.3) is 0 Å². The van der Waals surface area contributed by atoms with Gasteiger partial charge in [-0.2, -0.15) is 0 Å². The Balaban J connectivity index is 2.07. The molecule has 1 N–H and O–H groups in total. The lowest BCUT2D eigenvalue weighted by Crippen LogP contribution is -2.70. The zero-order chi connectivity index (χ0) is 21.5. The molecule has 0 saturated heterocycles. The lowest BCUT2D eigenvalue weighted by Gasteiger charge is -2.43. The average molecular weight is 421 g/mol. The van der Waals surface area contributed by atoms with E-state index >= 15 is 0 Å². The zero-order valence-corrected chi connectivity index (χ0v) is 18.6. The van der Waals surface area contributed by atoms with Crippen LogP contribution >= 0.6 is 0 Å². The third-order valence-corrected chi connectivity index (χ3v) is 11.7. The summed E-state index contributed by atoms with van der Waals surface area (Å²) in [7, 11) is -2.60. The highest BCUT2D eigenvalue weighted by molar-refractivity contribution is 7.12. The molecule has 0 spiro atoms. The van der Waals surface area contributed by atoms with Gasteiger partial charge in [-0.05, 0) is 26.7 Å². The van der Waals surface area contributed by atoms with E-state index in [1.165, 1.54) is 15.6 Å². The first-order chi connectivity index (χ1) is 15.3. The maximum Gasteiger partial charge on any atom is 0.155 e. The Morgan fingerprint density at radius 1 is 0.613 bits per heavy atom. The summed E-state index contributed by atoms with van der Waals surface area (Å²) >= 11 is 0. The Morgan fingerprint density at radius 2 is 0.968 bits per heavy atom. The van der Waals surface area contributed by atoms with Gasteiger partial charge in [-0.15, -0.1) is 6.58 Å². The first kappa shape index (κ1) is 21.0. The van der Waals surface area contributed by atoms with Crippen molar-refractivity contribution >= 4 is 23.6 Å². The monoisotopic (exact) mass is 420 g/mol. The maximum atomic E-state index is 10.7. The van der Waals surface area contributed by atoms with E-state index in [0.29, 0.717) is 0 Å². The summed E-state index contributed by atoms with van der Waals surface area (Å²) in [5.74, 6) is -0.0500. The predicted molar refractivity (Wildman–Crippen MR) is 134 cm³/mol. The topological polar surface area (TPSA) is 20.2 Å². The highest BCUT2D eigenvalue weighted by Crippen LogP contribution is 2.37. The fraction of sp³-hybridized carbons (Fsp3) is 0.103. The molecule has 4 aromatic carbocycles. The SMILES string of the molecule is C=CC(C(CO)c1ccccc1)[Si](c1ccccc1)(c1ccccc1)c1ccccc1. The van der Waals surface area contributed by atoms with Crippen molar-refractivity contribution in [3.8, 4) is 0 Å². The highest BCUT2D eigenvalue weighted by atomic mass is 28.3. The average Bonchev–Trinajstić information content (AvgIpc) is 2.86. The van der Waals surface area contributed by atoms with Crippen molar-refractivity contribution in [3.63, 3.8) is 0 Å². The van der Waals surface area contributed by atoms with Crippen molar-refractivity contribution in [2.24, 2.45) is 0 Å². The Kier molecular flexibility index (Phi) is 6.61. The molecular formula is C29H28OSi. The van der Waals surface area contributed by atoms with Gasteiger partial charge in [0.05, 0.1) is 6.61 Å². The lowest BCUT2D eigenvalue weighted by atomic mass is 9.96. The molecular weight excluding hydrogens is 392 g/mol. The number of benzene rings is 4. The Hall–Kier alpha value is -3.20. The number of aliphatic hydroxyl groups is 1. The van der Waals surface area contributed by atoms with Crippen molar-refractivity contribution in [2.45, 2.75) is 11.5 Å². The molecule has 0 radical (unpaired) electrons. The minimum Gasteiger partial charge on any atom is -0.396 e. The standard InChI is InChI=1S/C29H28OSi/c1-2-29(28(23-30)24-15-7-3-8-16-24)31(25-17-9-4-10-18-25,26-19-11-5-12-20-26)27-21-13-6-14-22-27/h2-22,28-30H,1,23H2. The Morgan fingerprint density at radius 3 is 1.29 bits per heavy atom. The van der Waals surface area contributed by atoms with Gasteiger partial charge in [0.2, 0.25) is 0 Å². The van der Waals surface area contributed by atoms with Gasteiger partial charge >= 0.3 is 0 Å². The molecule has 1 nitrogen and oxygen atoms in total. The minimum absolute atomic E-state index is 0.0500. The summed E-state index contributed by atoms with van der Waals surface area (Å²) in [5, 5.41) is 14.6. The van der Waals surface area contributed by atoms with E-state index in [-0.39, 0.29) is 18.1 Å². The van der Waals surface area contributed by atoms with Gasteiger partial charge in [-0.3, -0.25) is 0 Å². The van der Waals surface area contributed by atoms with Gasteiger partial charge in [-0.25, -0.2) is 0 Å². The normalized spacial score (nSPS) is 13.3. The van der Waals surface area contributed by atoms with Crippen LogP contribution in [0.4, 0.5) is 0 Å². The molecule has 2 unspecified atom stereocenters. The summed E-state index contributed by atoms with van der Waals surface area (Å²) in [6.45, 7) is 4.39. The van der Waals surface area contributed by atoms with Crippen molar-refractivity contribution in [1.82, 2.24) is 0 Å². The first-order valence-electron chi connectivity index (χ1n) is 10.8. The second-order valence-corrected chi connectivity index (χ2v) is 11.9. The van der Waals surface area contributed by atoms with Crippen molar-refractivity contribution in [2.75, 3.05) is 6.61 Å². The van der Waals surface area contributed by atoms with Gasteiger partial charge in [0.25, 0.3) is 0 Å². The van der Waals surface area contributed by atoms with Crippen LogP contribution in [0.1, 0.15) is 11.5 Å². The molecule has 0 amide bonds. The molecule has 0 aliphatic rings. The summed E-state index contributed by atoms with van der Waals surface area (Å²) < 4.78 is 0. The van der Waals surface area contributed by atoms with Crippen LogP contribution < -0.4 is 15.6 Å². The fourth-order valence-electron chi connectivity index (χ4n) is 4.95. The van der Waals surface area contributed by atoms with Crippen LogP contribution in [0.15, 0.2) is 134 Å². The van der Waals surface area contributed by atoms with Gasteiger partial charge in [0.15, 0.2) is 8.07 Å². The molecule has 0 aliphatic carbocycles. The molecule has 0 saturated carbocycles. The molecule has 2 heteroatoms. The Bertz CT molecular complexity index is 982. The predicted octanol–water partition coefficient (Wildman–Crippen LogP) is 4.49. The van der Waals surface area contributed by atoms with Crippen molar-refractivity contribution in [3.05, 3.63) is 140 Å². The van der Waals surface area contributed by atoms with Crippen LogP contribution in [0.5, 0.6) is 0 Å². The van der Waals surface area contributed by atoms with E-state index in [1.807, 2.05) is 6.07 Å². The third kappa shape index (κ3) is 3.92. The van der Waals surface area contributed by atoms with Crippen molar-refractivity contribution in [1.29, 1.82) is 0 Å². The Labute approximate surface area is 186 Å². The molecule has 0 bridgehead atoms. The summed E-state index contributed by atoms with van der Waals surface area (Å²) in [5.41, 5.74) is 1.21. The molecule has 0 aliphatic heterocycles. The van der Waals surface area contributed by atoms with Gasteiger partial charge < -0.3 is 5.11 Å². The number of hydrogen-bond donors (Lipinski definition) is 1. The minimum atomic E-state index is -2.60. The molecule has 4 aromatic rings. The largest absolute Gasteiger partial charge is 0.396 e. The quantitative estimate of drug-likeness (QED) is 0.253. The van der Waals surface area contributed by atoms with E-state index < -0.39 is 8.07 Å². The molecule has 0 heterocycles. The van der Waals surface area contributed by atoms with Gasteiger partial charge in [0.1, 0.15) is 0 Å². The van der Waals surface area contributed by atoms with E-state index in [9.17, 15) is 5.11 Å². The molecule has 31 heavy (non-hydrogen) atoms. The first-order valence-corrected chi connectivity index (χ1v) is 12.8.